The molecule has 1 heterocycles. The van der Waals surface area contributed by atoms with E-state index in [-0.39, 0.29) is 18.1 Å². The number of halogens is 1. The van der Waals surface area contributed by atoms with E-state index in [2.05, 4.69) is 5.32 Å². The molecule has 0 saturated carbocycles. The Morgan fingerprint density at radius 3 is 2.60 bits per heavy atom. The van der Waals surface area contributed by atoms with Gasteiger partial charge in [0.2, 0.25) is 15.9 Å². The van der Waals surface area contributed by atoms with Gasteiger partial charge in [-0.25, -0.2) is 12.8 Å². The molecule has 0 radical (unpaired) electrons. The summed E-state index contributed by atoms with van der Waals surface area (Å²) in [6, 6.07) is 11.1. The molecule has 2 aromatic rings. The summed E-state index contributed by atoms with van der Waals surface area (Å²) in [5.41, 5.74) is 2.82. The second-order valence-electron chi connectivity index (χ2n) is 6.13. The number of carbonyl (C=O) groups is 1. The highest BCUT2D eigenvalue weighted by atomic mass is 32.2. The Kier molecular flexibility index (Phi) is 4.76. The number of nitrogens with one attached hydrogen (secondary N) is 1. The smallest absolute Gasteiger partial charge is 0.232 e. The number of fused-ring (bicyclic) bond motifs is 1. The second-order valence-corrected chi connectivity index (χ2v) is 8.04. The fourth-order valence-corrected chi connectivity index (χ4v) is 3.94. The Morgan fingerprint density at radius 2 is 1.92 bits per heavy atom. The van der Waals surface area contributed by atoms with Crippen LogP contribution in [0.25, 0.3) is 0 Å². The molecule has 132 valence electrons. The molecule has 1 amide bonds. The zero-order valence-electron chi connectivity index (χ0n) is 13.8. The van der Waals surface area contributed by atoms with Crippen LogP contribution >= 0.6 is 0 Å². The van der Waals surface area contributed by atoms with Crippen molar-refractivity contribution in [2.45, 2.75) is 19.3 Å². The third-order valence-corrected chi connectivity index (χ3v) is 5.30. The molecule has 5 nitrogen and oxygen atoms in total. The molecule has 0 spiro atoms. The summed E-state index contributed by atoms with van der Waals surface area (Å²) >= 11 is 0. The first-order chi connectivity index (χ1) is 11.8. The summed E-state index contributed by atoms with van der Waals surface area (Å²) < 4.78 is 38.2. The minimum atomic E-state index is -3.35. The number of carbonyl (C=O) groups excluding carboxylic acids is 1. The highest BCUT2D eigenvalue weighted by Crippen LogP contribution is 2.31. The lowest BCUT2D eigenvalue weighted by molar-refractivity contribution is -0.115. The van der Waals surface area contributed by atoms with Crippen molar-refractivity contribution in [3.05, 3.63) is 59.4 Å². The Labute approximate surface area is 146 Å². The van der Waals surface area contributed by atoms with E-state index < -0.39 is 10.0 Å². The van der Waals surface area contributed by atoms with Gasteiger partial charge in [0.25, 0.3) is 0 Å². The fraction of sp³-hybridized carbons (Fsp3) is 0.278. The van der Waals surface area contributed by atoms with Gasteiger partial charge in [-0.05, 0) is 48.2 Å². The Bertz CT molecular complexity index is 895. The summed E-state index contributed by atoms with van der Waals surface area (Å²) in [6.07, 6.45) is 2.89. The number of hydrogen-bond donors (Lipinski definition) is 1. The minimum absolute atomic E-state index is 0.118. The molecular weight excluding hydrogens is 343 g/mol. The van der Waals surface area contributed by atoms with Gasteiger partial charge in [0.15, 0.2) is 0 Å². The van der Waals surface area contributed by atoms with Crippen molar-refractivity contribution in [3.63, 3.8) is 0 Å². The van der Waals surface area contributed by atoms with E-state index in [9.17, 15) is 17.6 Å². The predicted octanol–water partition coefficient (Wildman–Crippen LogP) is 2.72. The van der Waals surface area contributed by atoms with Crippen LogP contribution in [0.3, 0.4) is 0 Å². The lowest BCUT2D eigenvalue weighted by Gasteiger charge is -2.29. The van der Waals surface area contributed by atoms with Crippen molar-refractivity contribution in [1.82, 2.24) is 0 Å². The van der Waals surface area contributed by atoms with Gasteiger partial charge in [-0.15, -0.1) is 0 Å². The predicted molar refractivity (Wildman–Crippen MR) is 95.7 cm³/mol. The van der Waals surface area contributed by atoms with Gasteiger partial charge in [-0.1, -0.05) is 18.2 Å². The SMILES string of the molecule is CS(=O)(=O)N1CCCc2ccc(NC(=O)Cc3ccc(F)cc3)cc21. The maximum Gasteiger partial charge on any atom is 0.232 e. The molecule has 7 heteroatoms. The van der Waals surface area contributed by atoms with Crippen molar-refractivity contribution in [2.75, 3.05) is 22.4 Å². The molecule has 2 aromatic carbocycles. The standard InChI is InChI=1S/C18H19FN2O3S/c1-25(23,24)21-10-2-3-14-6-9-16(12-17(14)21)20-18(22)11-13-4-7-15(19)8-5-13/h4-9,12H,2-3,10-11H2,1H3,(H,20,22). The van der Waals surface area contributed by atoms with E-state index in [1.807, 2.05) is 6.07 Å². The van der Waals surface area contributed by atoms with Gasteiger partial charge in [0.1, 0.15) is 5.82 Å². The van der Waals surface area contributed by atoms with Crippen LogP contribution in [-0.2, 0) is 27.7 Å². The van der Waals surface area contributed by atoms with Crippen LogP contribution in [0.5, 0.6) is 0 Å². The molecule has 25 heavy (non-hydrogen) atoms. The van der Waals surface area contributed by atoms with Crippen molar-refractivity contribution in [1.29, 1.82) is 0 Å². The first-order valence-electron chi connectivity index (χ1n) is 7.98. The first kappa shape index (κ1) is 17.4. The average Bonchev–Trinajstić information content (AvgIpc) is 2.55. The molecule has 0 unspecified atom stereocenters. The zero-order valence-corrected chi connectivity index (χ0v) is 14.6. The number of sulfonamides is 1. The van der Waals surface area contributed by atoms with Crippen LogP contribution in [0.1, 0.15) is 17.5 Å². The Morgan fingerprint density at radius 1 is 1.20 bits per heavy atom. The quantitative estimate of drug-likeness (QED) is 0.909. The van der Waals surface area contributed by atoms with Crippen molar-refractivity contribution < 1.29 is 17.6 Å². The number of amides is 1. The lowest BCUT2D eigenvalue weighted by atomic mass is 10.0. The maximum atomic E-state index is 12.9. The van der Waals surface area contributed by atoms with E-state index in [1.54, 1.807) is 24.3 Å². The number of benzene rings is 2. The highest BCUT2D eigenvalue weighted by Gasteiger charge is 2.24. The van der Waals surface area contributed by atoms with Gasteiger partial charge < -0.3 is 5.32 Å². The fourth-order valence-electron chi connectivity index (χ4n) is 2.96. The van der Waals surface area contributed by atoms with Gasteiger partial charge >= 0.3 is 0 Å². The molecule has 0 aromatic heterocycles. The molecule has 0 aliphatic carbocycles. The van der Waals surface area contributed by atoms with E-state index >= 15 is 0 Å². The van der Waals surface area contributed by atoms with Crippen LogP contribution in [0.4, 0.5) is 15.8 Å². The van der Waals surface area contributed by atoms with Gasteiger partial charge in [-0.3, -0.25) is 9.10 Å². The van der Waals surface area contributed by atoms with Crippen LogP contribution in [0, 0.1) is 5.82 Å². The molecule has 3 rings (SSSR count). The summed E-state index contributed by atoms with van der Waals surface area (Å²) in [7, 11) is -3.35. The molecule has 0 bridgehead atoms. The van der Waals surface area contributed by atoms with E-state index in [1.165, 1.54) is 22.7 Å². The zero-order chi connectivity index (χ0) is 18.0. The summed E-state index contributed by atoms with van der Waals surface area (Å²) in [5.74, 6) is -0.590. The van der Waals surface area contributed by atoms with E-state index in [0.717, 1.165) is 18.4 Å². The molecular formula is C18H19FN2O3S. The van der Waals surface area contributed by atoms with Crippen LogP contribution in [-0.4, -0.2) is 27.1 Å². The van der Waals surface area contributed by atoms with Gasteiger partial charge in [-0.2, -0.15) is 0 Å². The number of nitrogens with zero attached hydrogens (tertiary/aromatic N) is 1. The number of rotatable bonds is 4. The lowest BCUT2D eigenvalue weighted by Crippen LogP contribution is -2.34. The minimum Gasteiger partial charge on any atom is -0.326 e. The van der Waals surface area contributed by atoms with Gasteiger partial charge in [0, 0.05) is 12.2 Å². The van der Waals surface area contributed by atoms with Crippen LogP contribution in [0.2, 0.25) is 0 Å². The summed E-state index contributed by atoms with van der Waals surface area (Å²) in [5, 5.41) is 2.77. The Balaban J connectivity index is 1.77. The topological polar surface area (TPSA) is 66.5 Å². The third-order valence-electron chi connectivity index (χ3n) is 4.12. The molecule has 0 fully saturated rings. The average molecular weight is 362 g/mol. The Hall–Kier alpha value is -2.41. The largest absolute Gasteiger partial charge is 0.326 e. The highest BCUT2D eigenvalue weighted by molar-refractivity contribution is 7.92. The number of anilines is 2. The van der Waals surface area contributed by atoms with Crippen LogP contribution < -0.4 is 9.62 Å². The van der Waals surface area contributed by atoms with E-state index in [4.69, 9.17) is 0 Å². The molecule has 0 saturated heterocycles. The molecule has 1 N–H and O–H groups in total. The second kappa shape index (κ2) is 6.84. The summed E-state index contributed by atoms with van der Waals surface area (Å²) in [6.45, 7) is 0.443. The van der Waals surface area contributed by atoms with Crippen molar-refractivity contribution in [3.8, 4) is 0 Å². The van der Waals surface area contributed by atoms with Crippen molar-refractivity contribution >= 4 is 27.3 Å². The molecule has 1 aliphatic rings. The first-order valence-corrected chi connectivity index (χ1v) is 9.83. The van der Waals surface area contributed by atoms with Crippen LogP contribution in [0.15, 0.2) is 42.5 Å². The molecule has 0 atom stereocenters. The molecule has 1 aliphatic heterocycles. The summed E-state index contributed by atoms with van der Waals surface area (Å²) in [4.78, 5) is 12.2. The number of hydrogen-bond acceptors (Lipinski definition) is 3. The number of aryl methyl sites for hydroxylation is 1. The van der Waals surface area contributed by atoms with Crippen molar-refractivity contribution in [2.24, 2.45) is 0 Å². The normalized spacial score (nSPS) is 14.1. The third kappa shape index (κ3) is 4.17. The van der Waals surface area contributed by atoms with Gasteiger partial charge in [0.05, 0.1) is 18.4 Å². The maximum absolute atomic E-state index is 12.9. The van der Waals surface area contributed by atoms with E-state index in [0.29, 0.717) is 23.5 Å². The monoisotopic (exact) mass is 362 g/mol.